The van der Waals surface area contributed by atoms with Gasteiger partial charge in [0.05, 0.1) is 0 Å². The van der Waals surface area contributed by atoms with Gasteiger partial charge in [-0.15, -0.1) is 11.6 Å². The maximum atomic E-state index is 11.2. The summed E-state index contributed by atoms with van der Waals surface area (Å²) in [6.07, 6.45) is 0.426. The van der Waals surface area contributed by atoms with Gasteiger partial charge in [0.15, 0.2) is 0 Å². The number of halogens is 1. The normalized spacial score (nSPS) is 23.2. The third-order valence-electron chi connectivity index (χ3n) is 4.14. The number of hydrogen-bond donors (Lipinski definition) is 1. The van der Waals surface area contributed by atoms with Gasteiger partial charge in [-0.3, -0.25) is 4.79 Å². The molecule has 0 radical (unpaired) electrons. The highest BCUT2D eigenvalue weighted by Crippen LogP contribution is 2.67. The molecule has 82 valence electrons. The van der Waals surface area contributed by atoms with E-state index in [2.05, 4.69) is 33.0 Å². The van der Waals surface area contributed by atoms with Crippen molar-refractivity contribution in [3.05, 3.63) is 0 Å². The topological polar surface area (TPSA) is 29.1 Å². The molecule has 0 atom stereocenters. The maximum absolute atomic E-state index is 11.2. The van der Waals surface area contributed by atoms with Crippen molar-refractivity contribution in [1.29, 1.82) is 0 Å². The molecular formula is C11H20ClNO. The number of alkyl halides is 1. The summed E-state index contributed by atoms with van der Waals surface area (Å²) in [4.78, 5) is 11.2. The molecule has 1 rings (SSSR count). The number of hydrogen-bond acceptors (Lipinski definition) is 1. The monoisotopic (exact) mass is 217 g/mol. The molecule has 1 N–H and O–H groups in total. The molecular weight excluding hydrogens is 198 g/mol. The summed E-state index contributed by atoms with van der Waals surface area (Å²) in [5, 5.41) is 2.93. The Morgan fingerprint density at radius 1 is 1.29 bits per heavy atom. The van der Waals surface area contributed by atoms with Crippen LogP contribution in [0.5, 0.6) is 0 Å². The van der Waals surface area contributed by atoms with Gasteiger partial charge in [-0.2, -0.15) is 0 Å². The van der Waals surface area contributed by atoms with Crippen LogP contribution in [0, 0.1) is 16.7 Å². The summed E-state index contributed by atoms with van der Waals surface area (Å²) in [7, 11) is 0. The molecule has 0 aromatic heterocycles. The van der Waals surface area contributed by atoms with Gasteiger partial charge in [0.2, 0.25) is 5.91 Å². The van der Waals surface area contributed by atoms with E-state index in [1.54, 1.807) is 0 Å². The predicted octanol–water partition coefficient (Wildman–Crippen LogP) is 2.41. The summed E-state index contributed by atoms with van der Waals surface area (Å²) in [6.45, 7) is 9.81. The first-order valence-electron chi connectivity index (χ1n) is 5.16. The fourth-order valence-electron chi connectivity index (χ4n) is 2.23. The minimum atomic E-state index is 0.0681. The number of carbonyl (C=O) groups excluding carboxylic acids is 1. The van der Waals surface area contributed by atoms with Crippen LogP contribution in [-0.2, 0) is 4.79 Å². The average Bonchev–Trinajstić information content (AvgIpc) is 2.41. The second-order valence-electron chi connectivity index (χ2n) is 5.24. The van der Waals surface area contributed by atoms with Crippen molar-refractivity contribution < 1.29 is 4.79 Å². The molecule has 0 spiro atoms. The van der Waals surface area contributed by atoms with Crippen molar-refractivity contribution >= 4 is 17.5 Å². The molecule has 3 heteroatoms. The Morgan fingerprint density at radius 2 is 1.79 bits per heavy atom. The number of rotatable bonds is 4. The maximum Gasteiger partial charge on any atom is 0.221 e. The third-order valence-corrected chi connectivity index (χ3v) is 4.33. The molecule has 1 saturated carbocycles. The predicted molar refractivity (Wildman–Crippen MR) is 59.4 cm³/mol. The summed E-state index contributed by atoms with van der Waals surface area (Å²) in [5.41, 5.74) is 0.697. The summed E-state index contributed by atoms with van der Waals surface area (Å²) >= 11 is 5.48. The van der Waals surface area contributed by atoms with Crippen LogP contribution in [0.2, 0.25) is 0 Å². The van der Waals surface area contributed by atoms with Crippen LogP contribution >= 0.6 is 11.6 Å². The van der Waals surface area contributed by atoms with Crippen molar-refractivity contribution in [3.8, 4) is 0 Å². The standard InChI is InChI=1S/C11H20ClNO/c1-10(2)8(11(10,3)4)7-13-9(14)5-6-12/h8H,5-7H2,1-4H3,(H,13,14). The first-order valence-corrected chi connectivity index (χ1v) is 5.70. The van der Waals surface area contributed by atoms with Gasteiger partial charge in [-0.05, 0) is 16.7 Å². The highest BCUT2D eigenvalue weighted by Gasteiger charge is 2.64. The van der Waals surface area contributed by atoms with E-state index >= 15 is 0 Å². The van der Waals surface area contributed by atoms with Gasteiger partial charge < -0.3 is 5.32 Å². The Kier molecular flexibility index (Phi) is 3.15. The highest BCUT2D eigenvalue weighted by molar-refractivity contribution is 6.18. The Bertz CT molecular complexity index is 221. The van der Waals surface area contributed by atoms with E-state index in [1.165, 1.54) is 0 Å². The number of carbonyl (C=O) groups is 1. The molecule has 14 heavy (non-hydrogen) atoms. The lowest BCUT2D eigenvalue weighted by molar-refractivity contribution is -0.120. The smallest absolute Gasteiger partial charge is 0.221 e. The lowest BCUT2D eigenvalue weighted by atomic mass is 10.0. The van der Waals surface area contributed by atoms with Crippen molar-refractivity contribution in [1.82, 2.24) is 5.32 Å². The largest absolute Gasteiger partial charge is 0.356 e. The van der Waals surface area contributed by atoms with E-state index in [0.29, 0.717) is 29.0 Å². The van der Waals surface area contributed by atoms with Gasteiger partial charge in [0.1, 0.15) is 0 Å². The molecule has 0 heterocycles. The van der Waals surface area contributed by atoms with Gasteiger partial charge in [-0.25, -0.2) is 0 Å². The molecule has 0 saturated heterocycles. The fraction of sp³-hybridized carbons (Fsp3) is 0.909. The van der Waals surface area contributed by atoms with Crippen LogP contribution in [0.15, 0.2) is 0 Å². The van der Waals surface area contributed by atoms with E-state index in [9.17, 15) is 4.79 Å². The minimum absolute atomic E-state index is 0.0681. The lowest BCUT2D eigenvalue weighted by Crippen LogP contribution is -2.27. The van der Waals surface area contributed by atoms with Crippen LogP contribution in [0.25, 0.3) is 0 Å². The number of nitrogens with one attached hydrogen (secondary N) is 1. The van der Waals surface area contributed by atoms with Crippen molar-refractivity contribution in [2.75, 3.05) is 12.4 Å². The van der Waals surface area contributed by atoms with Crippen molar-refractivity contribution in [3.63, 3.8) is 0 Å². The summed E-state index contributed by atoms with van der Waals surface area (Å²) < 4.78 is 0. The van der Waals surface area contributed by atoms with E-state index < -0.39 is 0 Å². The second-order valence-corrected chi connectivity index (χ2v) is 5.62. The average molecular weight is 218 g/mol. The number of amides is 1. The molecule has 2 nitrogen and oxygen atoms in total. The zero-order valence-electron chi connectivity index (χ0n) is 9.48. The SMILES string of the molecule is CC1(C)C(CNC(=O)CCCl)C1(C)C. The van der Waals surface area contributed by atoms with E-state index in [-0.39, 0.29) is 5.91 Å². The van der Waals surface area contributed by atoms with Crippen LogP contribution in [0.4, 0.5) is 0 Å². The van der Waals surface area contributed by atoms with Gasteiger partial charge >= 0.3 is 0 Å². The lowest BCUT2D eigenvalue weighted by Gasteiger charge is -2.04. The minimum Gasteiger partial charge on any atom is -0.356 e. The highest BCUT2D eigenvalue weighted by atomic mass is 35.5. The van der Waals surface area contributed by atoms with Gasteiger partial charge in [-0.1, -0.05) is 27.7 Å². The van der Waals surface area contributed by atoms with Crippen LogP contribution < -0.4 is 5.32 Å². The molecule has 0 bridgehead atoms. The molecule has 0 aliphatic heterocycles. The Labute approximate surface area is 91.4 Å². The first-order chi connectivity index (χ1) is 6.34. The summed E-state index contributed by atoms with van der Waals surface area (Å²) in [5.74, 6) is 1.07. The van der Waals surface area contributed by atoms with Crippen LogP contribution in [-0.4, -0.2) is 18.3 Å². The Hall–Kier alpha value is -0.240. The van der Waals surface area contributed by atoms with Crippen molar-refractivity contribution in [2.45, 2.75) is 34.1 Å². The van der Waals surface area contributed by atoms with Crippen LogP contribution in [0.1, 0.15) is 34.1 Å². The van der Waals surface area contributed by atoms with E-state index in [0.717, 1.165) is 6.54 Å². The fourth-order valence-corrected chi connectivity index (χ4v) is 2.41. The zero-order chi connectivity index (χ0) is 11.0. The molecule has 0 unspecified atom stereocenters. The summed E-state index contributed by atoms with van der Waals surface area (Å²) in [6, 6.07) is 0. The molecule has 1 aliphatic carbocycles. The van der Waals surface area contributed by atoms with Gasteiger partial charge in [0.25, 0.3) is 0 Å². The third kappa shape index (κ3) is 1.90. The van der Waals surface area contributed by atoms with Crippen LogP contribution in [0.3, 0.4) is 0 Å². The molecule has 0 aromatic rings. The Balaban J connectivity index is 2.32. The van der Waals surface area contributed by atoms with E-state index in [4.69, 9.17) is 11.6 Å². The molecule has 1 aliphatic rings. The zero-order valence-corrected chi connectivity index (χ0v) is 10.2. The van der Waals surface area contributed by atoms with Gasteiger partial charge in [0, 0.05) is 18.8 Å². The molecule has 1 fully saturated rings. The molecule has 1 amide bonds. The first kappa shape index (κ1) is 11.8. The quantitative estimate of drug-likeness (QED) is 0.720. The van der Waals surface area contributed by atoms with E-state index in [1.807, 2.05) is 0 Å². The Morgan fingerprint density at radius 3 is 2.14 bits per heavy atom. The second kappa shape index (κ2) is 3.73. The van der Waals surface area contributed by atoms with Crippen molar-refractivity contribution in [2.24, 2.45) is 16.7 Å². The molecule has 0 aromatic carbocycles.